The summed E-state index contributed by atoms with van der Waals surface area (Å²) in [6, 6.07) is 11.7. The minimum absolute atomic E-state index is 0.216. The van der Waals surface area contributed by atoms with Crippen molar-refractivity contribution in [3.05, 3.63) is 63.8 Å². The van der Waals surface area contributed by atoms with Crippen molar-refractivity contribution < 1.29 is 21.8 Å². The van der Waals surface area contributed by atoms with E-state index in [-0.39, 0.29) is 5.76 Å². The number of hydrogen-bond acceptors (Lipinski definition) is 3. The van der Waals surface area contributed by atoms with Gasteiger partial charge in [0.05, 0.1) is 42.8 Å². The Balaban J connectivity index is 1.97. The van der Waals surface area contributed by atoms with Crippen molar-refractivity contribution in [3.8, 4) is 0 Å². The molecule has 0 radical (unpaired) electrons. The molecule has 2 aromatic rings. The number of halogens is 1. The molecule has 0 spiro atoms. The van der Waals surface area contributed by atoms with Gasteiger partial charge in [0.25, 0.3) is 0 Å². The van der Waals surface area contributed by atoms with Crippen molar-refractivity contribution in [2.45, 2.75) is 9.79 Å². The van der Waals surface area contributed by atoms with E-state index in [9.17, 15) is 9.42 Å². The van der Waals surface area contributed by atoms with Crippen LogP contribution < -0.4 is 0 Å². The lowest BCUT2D eigenvalue weighted by atomic mass is 10.1. The third-order valence-electron chi connectivity index (χ3n) is 3.48. The van der Waals surface area contributed by atoms with Crippen LogP contribution in [0.4, 0.5) is 0 Å². The molecule has 24 heavy (non-hydrogen) atoms. The van der Waals surface area contributed by atoms with Crippen LogP contribution in [0.1, 0.15) is 19.4 Å². The standard InChI is InChI=1S/C18H18ClNO3S/c1-20(2,21)9-10-23-16-11-13-5-3-4-6-17(13)24(22)18-8-7-14(19)12-15(16)18/h3-8,11-12H,9-10H2,1-2H3/i1D3,2D3. The third kappa shape index (κ3) is 3.70. The summed E-state index contributed by atoms with van der Waals surface area (Å²) in [7, 11) is -1.52. The quantitative estimate of drug-likeness (QED) is 0.606. The molecule has 0 aromatic heterocycles. The zero-order chi connectivity index (χ0) is 22.3. The fourth-order valence-corrected chi connectivity index (χ4v) is 3.87. The maximum Gasteiger partial charge on any atom is 0.137 e. The average Bonchev–Trinajstić information content (AvgIpc) is 2.75. The highest BCUT2D eigenvalue weighted by Crippen LogP contribution is 2.35. The molecule has 1 unspecified atom stereocenters. The van der Waals surface area contributed by atoms with Gasteiger partial charge >= 0.3 is 0 Å². The predicted octanol–water partition coefficient (Wildman–Crippen LogP) is 3.91. The fraction of sp³-hybridized carbons (Fsp3) is 0.222. The number of quaternary nitrogens is 1. The number of rotatable bonds is 4. The van der Waals surface area contributed by atoms with E-state index < -0.39 is 42.5 Å². The van der Waals surface area contributed by atoms with Crippen LogP contribution in [-0.2, 0) is 15.5 Å². The fourth-order valence-electron chi connectivity index (χ4n) is 2.37. The first-order valence-corrected chi connectivity index (χ1v) is 8.62. The number of fused-ring (bicyclic) bond motifs is 2. The van der Waals surface area contributed by atoms with E-state index in [1.54, 1.807) is 48.5 Å². The maximum absolute atomic E-state index is 13.1. The first-order chi connectivity index (χ1) is 13.8. The molecule has 1 aliphatic rings. The van der Waals surface area contributed by atoms with E-state index in [2.05, 4.69) is 0 Å². The Morgan fingerprint density at radius 1 is 1.25 bits per heavy atom. The van der Waals surface area contributed by atoms with E-state index in [1.165, 1.54) is 0 Å². The summed E-state index contributed by atoms with van der Waals surface area (Å²) in [5, 5.41) is 13.0. The van der Waals surface area contributed by atoms with Crippen LogP contribution >= 0.6 is 11.6 Å². The Morgan fingerprint density at radius 2 is 2.04 bits per heavy atom. The molecule has 126 valence electrons. The molecular formula is C18H18ClNO3S. The average molecular weight is 370 g/mol. The summed E-state index contributed by atoms with van der Waals surface area (Å²) in [4.78, 5) is 0.990. The van der Waals surface area contributed by atoms with E-state index in [4.69, 9.17) is 24.6 Å². The van der Waals surface area contributed by atoms with Crippen LogP contribution in [0.2, 0.25) is 5.02 Å². The number of hydroxylamine groups is 3. The van der Waals surface area contributed by atoms with Gasteiger partial charge in [-0.05, 0) is 35.9 Å². The Bertz CT molecular complexity index is 1010. The Labute approximate surface area is 157 Å². The van der Waals surface area contributed by atoms with Gasteiger partial charge in [0.1, 0.15) is 18.9 Å². The molecule has 0 N–H and O–H groups in total. The molecule has 1 atom stereocenters. The van der Waals surface area contributed by atoms with E-state index >= 15 is 0 Å². The van der Waals surface area contributed by atoms with E-state index in [0.29, 0.717) is 25.9 Å². The van der Waals surface area contributed by atoms with Crippen molar-refractivity contribution in [2.75, 3.05) is 27.1 Å². The molecule has 1 heterocycles. The number of hydrogen-bond donors (Lipinski definition) is 0. The number of benzene rings is 2. The van der Waals surface area contributed by atoms with E-state index in [1.807, 2.05) is 0 Å². The molecule has 0 saturated carbocycles. The molecule has 6 heteroatoms. The Morgan fingerprint density at radius 3 is 2.83 bits per heavy atom. The van der Waals surface area contributed by atoms with Gasteiger partial charge < -0.3 is 14.6 Å². The number of nitrogens with zero attached hydrogens (tertiary/aromatic N) is 1. The van der Waals surface area contributed by atoms with Crippen molar-refractivity contribution in [2.24, 2.45) is 0 Å². The molecule has 3 rings (SSSR count). The summed E-state index contributed by atoms with van der Waals surface area (Å²) in [6.07, 6.45) is 1.61. The van der Waals surface area contributed by atoms with Crippen LogP contribution in [-0.4, -0.2) is 36.0 Å². The minimum atomic E-state index is -3.30. The zero-order valence-electron chi connectivity index (χ0n) is 18.5. The molecule has 0 amide bonds. The van der Waals surface area contributed by atoms with Gasteiger partial charge in [-0.15, -0.1) is 0 Å². The molecule has 0 fully saturated rings. The summed E-state index contributed by atoms with van der Waals surface area (Å²) in [5.74, 6) is 0.216. The van der Waals surface area contributed by atoms with Gasteiger partial charge in [-0.1, -0.05) is 29.8 Å². The minimum Gasteiger partial charge on any atom is -0.633 e. The summed E-state index contributed by atoms with van der Waals surface area (Å²) in [6.45, 7) is -7.92. The Hall–Kier alpha value is -1.66. The van der Waals surface area contributed by atoms with Crippen molar-refractivity contribution in [1.82, 2.24) is 0 Å². The van der Waals surface area contributed by atoms with Crippen LogP contribution in [0.3, 0.4) is 0 Å². The molecule has 0 aliphatic carbocycles. The Kier molecular flexibility index (Phi) is 3.08. The second-order valence-corrected chi connectivity index (χ2v) is 7.12. The monoisotopic (exact) mass is 369 g/mol. The highest BCUT2D eigenvalue weighted by Gasteiger charge is 2.22. The van der Waals surface area contributed by atoms with Gasteiger partial charge in [-0.25, -0.2) is 4.21 Å². The van der Waals surface area contributed by atoms with Crippen molar-refractivity contribution >= 4 is 34.2 Å². The van der Waals surface area contributed by atoms with Crippen LogP contribution in [0, 0.1) is 5.21 Å². The highest BCUT2D eigenvalue weighted by atomic mass is 35.5. The second kappa shape index (κ2) is 6.69. The first-order valence-electron chi connectivity index (χ1n) is 10.1. The highest BCUT2D eigenvalue weighted by molar-refractivity contribution is 7.85. The van der Waals surface area contributed by atoms with Crippen LogP contribution in [0.5, 0.6) is 0 Å². The largest absolute Gasteiger partial charge is 0.633 e. The first kappa shape index (κ1) is 11.1. The topological polar surface area (TPSA) is 49.4 Å². The molecule has 0 bridgehead atoms. The SMILES string of the molecule is [2H]C([2H])([2H])[N+]([O-])(CCOC1=Cc2ccccc2S(=O)c2ccc(Cl)cc21)C([2H])([2H])[2H]. The maximum atomic E-state index is 13.1. The summed E-state index contributed by atoms with van der Waals surface area (Å²) in [5.41, 5.74) is 1.04. The lowest BCUT2D eigenvalue weighted by Gasteiger charge is -2.33. The second-order valence-electron chi connectivity index (χ2n) is 5.27. The van der Waals surface area contributed by atoms with Gasteiger partial charge in [-0.3, -0.25) is 0 Å². The summed E-state index contributed by atoms with van der Waals surface area (Å²) < 4.78 is 60.6. The van der Waals surface area contributed by atoms with Crippen LogP contribution in [0.15, 0.2) is 52.3 Å². The van der Waals surface area contributed by atoms with Gasteiger partial charge in [0, 0.05) is 10.6 Å². The zero-order valence-corrected chi connectivity index (χ0v) is 14.1. The molecule has 4 nitrogen and oxygen atoms in total. The van der Waals surface area contributed by atoms with Gasteiger partial charge in [-0.2, -0.15) is 0 Å². The van der Waals surface area contributed by atoms with Crippen LogP contribution in [0.25, 0.3) is 11.8 Å². The van der Waals surface area contributed by atoms with Crippen molar-refractivity contribution in [1.29, 1.82) is 0 Å². The molecular weight excluding hydrogens is 346 g/mol. The van der Waals surface area contributed by atoms with E-state index in [0.717, 1.165) is 0 Å². The number of likely N-dealkylation sites (N-methyl/N-ethyl adjacent to an activating group) is 1. The number of ether oxygens (including phenoxy) is 1. The molecule has 1 aliphatic heterocycles. The van der Waals surface area contributed by atoms with Crippen molar-refractivity contribution in [3.63, 3.8) is 0 Å². The van der Waals surface area contributed by atoms with Gasteiger partial charge in [0.15, 0.2) is 0 Å². The van der Waals surface area contributed by atoms with Gasteiger partial charge in [0.2, 0.25) is 0 Å². The third-order valence-corrected chi connectivity index (χ3v) is 5.24. The predicted molar refractivity (Wildman–Crippen MR) is 96.7 cm³/mol. The molecule has 0 saturated heterocycles. The summed E-state index contributed by atoms with van der Waals surface area (Å²) >= 11 is 6.10. The molecule has 2 aromatic carbocycles. The lowest BCUT2D eigenvalue weighted by Crippen LogP contribution is -2.35. The lowest BCUT2D eigenvalue weighted by molar-refractivity contribution is -0.840. The normalized spacial score (nSPS) is 21.4. The smallest absolute Gasteiger partial charge is 0.137 e.